The molecule has 4 nitrogen and oxygen atoms in total. The Morgan fingerprint density at radius 2 is 1.71 bits per heavy atom. The Morgan fingerprint density at radius 1 is 1.04 bits per heavy atom. The smallest absolute Gasteiger partial charge is 0.230 e. The molecule has 24 heavy (non-hydrogen) atoms. The van der Waals surface area contributed by atoms with Crippen molar-refractivity contribution in [1.29, 1.82) is 0 Å². The summed E-state index contributed by atoms with van der Waals surface area (Å²) >= 11 is 0. The number of aryl methyl sites for hydroxylation is 1. The third kappa shape index (κ3) is 3.09. The SMILES string of the molecule is COc1ccc(CNC(=O)C2(c3ccc(C)cc3)CC2)cc1OC. The summed E-state index contributed by atoms with van der Waals surface area (Å²) in [7, 11) is 3.22. The maximum atomic E-state index is 12.7. The van der Waals surface area contributed by atoms with Gasteiger partial charge in [-0.1, -0.05) is 35.9 Å². The van der Waals surface area contributed by atoms with E-state index in [0.29, 0.717) is 18.0 Å². The second-order valence-electron chi connectivity index (χ2n) is 6.32. The molecular formula is C20H23NO3. The van der Waals surface area contributed by atoms with Crippen LogP contribution in [-0.2, 0) is 16.8 Å². The Morgan fingerprint density at radius 3 is 2.29 bits per heavy atom. The zero-order chi connectivity index (χ0) is 17.2. The van der Waals surface area contributed by atoms with E-state index in [1.165, 1.54) is 5.56 Å². The lowest BCUT2D eigenvalue weighted by Gasteiger charge is -2.16. The third-order valence-electron chi connectivity index (χ3n) is 4.69. The minimum absolute atomic E-state index is 0.0983. The summed E-state index contributed by atoms with van der Waals surface area (Å²) in [5.74, 6) is 1.45. The molecule has 1 amide bonds. The van der Waals surface area contributed by atoms with E-state index in [2.05, 4.69) is 36.5 Å². The Labute approximate surface area is 142 Å². The van der Waals surface area contributed by atoms with Gasteiger partial charge in [0.1, 0.15) is 0 Å². The lowest BCUT2D eigenvalue weighted by Crippen LogP contribution is -2.34. The average molecular weight is 325 g/mol. The van der Waals surface area contributed by atoms with Gasteiger partial charge in [0, 0.05) is 6.54 Å². The average Bonchev–Trinajstić information content (AvgIpc) is 3.42. The fourth-order valence-corrected chi connectivity index (χ4v) is 2.99. The van der Waals surface area contributed by atoms with Gasteiger partial charge in [-0.25, -0.2) is 0 Å². The van der Waals surface area contributed by atoms with Crippen LogP contribution in [0.15, 0.2) is 42.5 Å². The van der Waals surface area contributed by atoms with Gasteiger partial charge in [0.25, 0.3) is 0 Å². The van der Waals surface area contributed by atoms with E-state index in [-0.39, 0.29) is 11.3 Å². The molecule has 1 N–H and O–H groups in total. The highest BCUT2D eigenvalue weighted by Gasteiger charge is 2.50. The van der Waals surface area contributed by atoms with Gasteiger partial charge in [-0.15, -0.1) is 0 Å². The number of amides is 1. The minimum Gasteiger partial charge on any atom is -0.493 e. The lowest BCUT2D eigenvalue weighted by atomic mass is 9.94. The van der Waals surface area contributed by atoms with Crippen molar-refractivity contribution in [3.05, 3.63) is 59.2 Å². The van der Waals surface area contributed by atoms with Gasteiger partial charge in [-0.05, 0) is 43.0 Å². The van der Waals surface area contributed by atoms with E-state index in [0.717, 1.165) is 24.0 Å². The summed E-state index contributed by atoms with van der Waals surface area (Å²) in [5, 5.41) is 3.07. The van der Waals surface area contributed by atoms with Crippen LogP contribution in [0, 0.1) is 6.92 Å². The molecule has 0 aliphatic heterocycles. The van der Waals surface area contributed by atoms with Crippen molar-refractivity contribution >= 4 is 5.91 Å². The molecule has 4 heteroatoms. The van der Waals surface area contributed by atoms with Crippen LogP contribution >= 0.6 is 0 Å². The first kappa shape index (κ1) is 16.4. The third-order valence-corrected chi connectivity index (χ3v) is 4.69. The maximum absolute atomic E-state index is 12.7. The van der Waals surface area contributed by atoms with Gasteiger partial charge in [0.05, 0.1) is 19.6 Å². The fraction of sp³-hybridized carbons (Fsp3) is 0.350. The van der Waals surface area contributed by atoms with E-state index < -0.39 is 0 Å². The van der Waals surface area contributed by atoms with Gasteiger partial charge in [0.2, 0.25) is 5.91 Å². The van der Waals surface area contributed by atoms with E-state index in [4.69, 9.17) is 9.47 Å². The number of hydrogen-bond donors (Lipinski definition) is 1. The molecule has 0 atom stereocenters. The van der Waals surface area contributed by atoms with Crippen LogP contribution in [0.5, 0.6) is 11.5 Å². The first-order chi connectivity index (χ1) is 11.6. The zero-order valence-electron chi connectivity index (χ0n) is 14.4. The second kappa shape index (κ2) is 6.56. The molecule has 2 aromatic carbocycles. The van der Waals surface area contributed by atoms with Gasteiger partial charge in [-0.2, -0.15) is 0 Å². The molecule has 0 bridgehead atoms. The van der Waals surface area contributed by atoms with Crippen molar-refractivity contribution in [2.75, 3.05) is 14.2 Å². The van der Waals surface area contributed by atoms with E-state index in [1.807, 2.05) is 18.2 Å². The van der Waals surface area contributed by atoms with Crippen LogP contribution in [0.2, 0.25) is 0 Å². The predicted octanol–water partition coefficient (Wildman–Crippen LogP) is 3.36. The van der Waals surface area contributed by atoms with Crippen LogP contribution in [0.25, 0.3) is 0 Å². The molecule has 1 saturated carbocycles. The zero-order valence-corrected chi connectivity index (χ0v) is 14.4. The number of carbonyl (C=O) groups excluding carboxylic acids is 1. The van der Waals surface area contributed by atoms with Crippen molar-refractivity contribution < 1.29 is 14.3 Å². The quantitative estimate of drug-likeness (QED) is 0.886. The molecule has 3 rings (SSSR count). The number of rotatable bonds is 6. The van der Waals surface area contributed by atoms with Gasteiger partial charge in [-0.3, -0.25) is 4.79 Å². The van der Waals surface area contributed by atoms with Crippen LogP contribution in [0.1, 0.15) is 29.5 Å². The summed E-state index contributed by atoms with van der Waals surface area (Å²) in [5.41, 5.74) is 2.96. The minimum atomic E-state index is -0.343. The molecule has 0 heterocycles. The summed E-state index contributed by atoms with van der Waals surface area (Å²) in [4.78, 5) is 12.7. The molecule has 2 aromatic rings. The molecule has 0 unspecified atom stereocenters. The first-order valence-electron chi connectivity index (χ1n) is 8.15. The Balaban J connectivity index is 1.68. The van der Waals surface area contributed by atoms with Crippen molar-refractivity contribution in [2.24, 2.45) is 0 Å². The molecule has 1 fully saturated rings. The molecule has 1 aliphatic rings. The van der Waals surface area contributed by atoms with Crippen LogP contribution < -0.4 is 14.8 Å². The van der Waals surface area contributed by atoms with E-state index in [9.17, 15) is 4.79 Å². The van der Waals surface area contributed by atoms with Crippen molar-refractivity contribution in [1.82, 2.24) is 5.32 Å². The molecule has 126 valence electrons. The molecule has 0 saturated heterocycles. The van der Waals surface area contributed by atoms with Gasteiger partial charge < -0.3 is 14.8 Å². The second-order valence-corrected chi connectivity index (χ2v) is 6.32. The van der Waals surface area contributed by atoms with E-state index in [1.54, 1.807) is 14.2 Å². The number of nitrogens with one attached hydrogen (secondary N) is 1. The lowest BCUT2D eigenvalue weighted by molar-refractivity contribution is -0.123. The van der Waals surface area contributed by atoms with Crippen molar-refractivity contribution in [2.45, 2.75) is 31.7 Å². The number of hydrogen-bond acceptors (Lipinski definition) is 3. The van der Waals surface area contributed by atoms with Crippen LogP contribution in [0.4, 0.5) is 0 Å². The number of methoxy groups -OCH3 is 2. The summed E-state index contributed by atoms with van der Waals surface area (Å²) in [6.07, 6.45) is 1.82. The van der Waals surface area contributed by atoms with Gasteiger partial charge in [0.15, 0.2) is 11.5 Å². The largest absolute Gasteiger partial charge is 0.493 e. The van der Waals surface area contributed by atoms with Gasteiger partial charge >= 0.3 is 0 Å². The van der Waals surface area contributed by atoms with Crippen LogP contribution in [-0.4, -0.2) is 20.1 Å². The molecule has 0 radical (unpaired) electrons. The highest BCUT2D eigenvalue weighted by Crippen LogP contribution is 2.48. The number of carbonyl (C=O) groups is 1. The van der Waals surface area contributed by atoms with Crippen molar-refractivity contribution in [3.8, 4) is 11.5 Å². The predicted molar refractivity (Wildman–Crippen MR) is 93.5 cm³/mol. The topological polar surface area (TPSA) is 47.6 Å². The van der Waals surface area contributed by atoms with Crippen LogP contribution in [0.3, 0.4) is 0 Å². The maximum Gasteiger partial charge on any atom is 0.230 e. The first-order valence-corrected chi connectivity index (χ1v) is 8.15. The Kier molecular flexibility index (Phi) is 4.47. The Hall–Kier alpha value is -2.49. The summed E-state index contributed by atoms with van der Waals surface area (Å²) in [6.45, 7) is 2.54. The fourth-order valence-electron chi connectivity index (χ4n) is 2.99. The monoisotopic (exact) mass is 325 g/mol. The van der Waals surface area contributed by atoms with Crippen molar-refractivity contribution in [3.63, 3.8) is 0 Å². The standard InChI is InChI=1S/C20H23NO3/c1-14-4-7-16(8-5-14)20(10-11-20)19(22)21-13-15-6-9-17(23-2)18(12-15)24-3/h4-9,12H,10-11,13H2,1-3H3,(H,21,22). The molecule has 1 aliphatic carbocycles. The number of benzene rings is 2. The summed E-state index contributed by atoms with van der Waals surface area (Å²) in [6, 6.07) is 14.0. The highest BCUT2D eigenvalue weighted by molar-refractivity contribution is 5.91. The Bertz CT molecular complexity index is 733. The normalized spacial score (nSPS) is 14.8. The highest BCUT2D eigenvalue weighted by atomic mass is 16.5. The molecular weight excluding hydrogens is 302 g/mol. The number of ether oxygens (including phenoxy) is 2. The molecule has 0 spiro atoms. The van der Waals surface area contributed by atoms with E-state index >= 15 is 0 Å². The molecule has 0 aromatic heterocycles. The summed E-state index contributed by atoms with van der Waals surface area (Å²) < 4.78 is 10.5.